The van der Waals surface area contributed by atoms with Crippen LogP contribution in [0.4, 0.5) is 4.39 Å². The maximum absolute atomic E-state index is 13.3. The lowest BCUT2D eigenvalue weighted by Gasteiger charge is -2.32. The third-order valence-corrected chi connectivity index (χ3v) is 4.77. The van der Waals surface area contributed by atoms with Crippen molar-refractivity contribution in [2.45, 2.75) is 38.1 Å². The minimum absolute atomic E-state index is 0.0218. The monoisotopic (exact) mass is 287 g/mol. The zero-order chi connectivity index (χ0) is 14.4. The smallest absolute Gasteiger partial charge is 0.226 e. The van der Waals surface area contributed by atoms with Crippen LogP contribution in [0.15, 0.2) is 18.2 Å². The Morgan fingerprint density at radius 2 is 2.14 bits per heavy atom. The number of nitrogens with zero attached hydrogens (tertiary/aromatic N) is 2. The zero-order valence-electron chi connectivity index (χ0n) is 11.8. The number of nitrogens with one attached hydrogen (secondary N) is 1. The first-order chi connectivity index (χ1) is 10.2. The Hall–Kier alpha value is -1.91. The Labute approximate surface area is 122 Å². The van der Waals surface area contributed by atoms with E-state index >= 15 is 0 Å². The van der Waals surface area contributed by atoms with Crippen LogP contribution in [0.2, 0.25) is 0 Å². The summed E-state index contributed by atoms with van der Waals surface area (Å²) in [4.78, 5) is 22.2. The molecule has 21 heavy (non-hydrogen) atoms. The molecular formula is C16H18FN3O. The summed E-state index contributed by atoms with van der Waals surface area (Å²) in [6.45, 7) is 0.811. The van der Waals surface area contributed by atoms with E-state index in [2.05, 4.69) is 9.97 Å². The molecule has 110 valence electrons. The van der Waals surface area contributed by atoms with Gasteiger partial charge >= 0.3 is 0 Å². The van der Waals surface area contributed by atoms with E-state index in [0.717, 1.165) is 43.6 Å². The highest BCUT2D eigenvalue weighted by Gasteiger charge is 2.37. The Kier molecular flexibility index (Phi) is 2.94. The molecule has 0 bridgehead atoms. The molecule has 4 rings (SSSR count). The van der Waals surface area contributed by atoms with Gasteiger partial charge in [0.25, 0.3) is 0 Å². The van der Waals surface area contributed by atoms with Crippen LogP contribution in [0, 0.1) is 11.7 Å². The van der Waals surface area contributed by atoms with Crippen molar-refractivity contribution in [2.24, 2.45) is 5.92 Å². The number of hydrogen-bond donors (Lipinski definition) is 1. The Balaban J connectivity index is 1.64. The molecule has 1 aromatic carbocycles. The largest absolute Gasteiger partial charge is 0.340 e. The first-order valence-corrected chi connectivity index (χ1v) is 7.68. The molecule has 1 atom stereocenters. The van der Waals surface area contributed by atoms with Gasteiger partial charge in [0.15, 0.2) is 0 Å². The minimum Gasteiger partial charge on any atom is -0.340 e. The van der Waals surface area contributed by atoms with Gasteiger partial charge in [-0.05, 0) is 43.9 Å². The fourth-order valence-electron chi connectivity index (χ4n) is 3.36. The number of H-pyrrole nitrogens is 1. The lowest BCUT2D eigenvalue weighted by Crippen LogP contribution is -2.38. The highest BCUT2D eigenvalue weighted by atomic mass is 19.1. The van der Waals surface area contributed by atoms with Gasteiger partial charge in [-0.15, -0.1) is 0 Å². The number of fused-ring (bicyclic) bond motifs is 1. The predicted octanol–water partition coefficient (Wildman–Crippen LogP) is 3.17. The number of likely N-dealkylation sites (tertiary alicyclic amines) is 1. The quantitative estimate of drug-likeness (QED) is 0.922. The van der Waals surface area contributed by atoms with E-state index in [1.807, 2.05) is 4.90 Å². The molecule has 2 aromatic rings. The highest BCUT2D eigenvalue weighted by molar-refractivity contribution is 5.80. The number of imidazole rings is 1. The van der Waals surface area contributed by atoms with E-state index in [1.54, 1.807) is 6.07 Å². The number of amides is 1. The number of aromatic nitrogens is 2. The summed E-state index contributed by atoms with van der Waals surface area (Å²) in [5.74, 6) is 1.01. The fourth-order valence-corrected chi connectivity index (χ4v) is 3.36. The van der Waals surface area contributed by atoms with E-state index < -0.39 is 0 Å². The molecule has 2 fully saturated rings. The van der Waals surface area contributed by atoms with Gasteiger partial charge in [0.05, 0.1) is 17.1 Å². The summed E-state index contributed by atoms with van der Waals surface area (Å²) in [6, 6.07) is 4.57. The van der Waals surface area contributed by atoms with Gasteiger partial charge in [0.2, 0.25) is 5.91 Å². The van der Waals surface area contributed by atoms with Crippen molar-refractivity contribution < 1.29 is 9.18 Å². The molecule has 1 aliphatic carbocycles. The molecule has 0 unspecified atom stereocenters. The predicted molar refractivity (Wildman–Crippen MR) is 77.1 cm³/mol. The lowest BCUT2D eigenvalue weighted by molar-refractivity contribution is -0.139. The van der Waals surface area contributed by atoms with Gasteiger partial charge in [-0.1, -0.05) is 6.42 Å². The van der Waals surface area contributed by atoms with Crippen molar-refractivity contribution in [3.63, 3.8) is 0 Å². The van der Waals surface area contributed by atoms with Gasteiger partial charge in [-0.3, -0.25) is 4.79 Å². The normalized spacial score (nSPS) is 22.7. The molecule has 0 radical (unpaired) electrons. The fraction of sp³-hybridized carbons (Fsp3) is 0.500. The third kappa shape index (κ3) is 2.11. The summed E-state index contributed by atoms with van der Waals surface area (Å²) in [6.07, 6.45) is 5.15. The highest BCUT2D eigenvalue weighted by Crippen LogP contribution is 2.36. The molecule has 1 N–H and O–H groups in total. The van der Waals surface area contributed by atoms with E-state index in [9.17, 15) is 9.18 Å². The molecule has 0 spiro atoms. The van der Waals surface area contributed by atoms with E-state index in [0.29, 0.717) is 5.52 Å². The van der Waals surface area contributed by atoms with Gasteiger partial charge in [-0.25, -0.2) is 9.37 Å². The average Bonchev–Trinajstić information content (AvgIpc) is 3.01. The zero-order valence-corrected chi connectivity index (χ0v) is 11.8. The van der Waals surface area contributed by atoms with Crippen molar-refractivity contribution in [3.05, 3.63) is 29.8 Å². The second-order valence-electron chi connectivity index (χ2n) is 6.10. The number of hydrogen-bond acceptors (Lipinski definition) is 2. The van der Waals surface area contributed by atoms with Gasteiger partial charge in [-0.2, -0.15) is 0 Å². The van der Waals surface area contributed by atoms with Crippen LogP contribution in [0.3, 0.4) is 0 Å². The summed E-state index contributed by atoms with van der Waals surface area (Å²) in [7, 11) is 0. The van der Waals surface area contributed by atoms with Gasteiger partial charge < -0.3 is 9.88 Å². The number of carbonyl (C=O) groups excluding carboxylic acids is 1. The van der Waals surface area contributed by atoms with Crippen LogP contribution in [0.5, 0.6) is 0 Å². The van der Waals surface area contributed by atoms with E-state index in [-0.39, 0.29) is 23.7 Å². The number of benzene rings is 1. The number of aromatic amines is 1. The van der Waals surface area contributed by atoms with Crippen molar-refractivity contribution in [1.82, 2.24) is 14.9 Å². The Bertz CT molecular complexity index is 692. The molecule has 1 amide bonds. The maximum Gasteiger partial charge on any atom is 0.226 e. The first kappa shape index (κ1) is 12.8. The molecule has 1 saturated carbocycles. The molecule has 2 heterocycles. The van der Waals surface area contributed by atoms with Crippen LogP contribution in [0.1, 0.15) is 44.0 Å². The molecule has 4 nitrogen and oxygen atoms in total. The molecule has 5 heteroatoms. The summed E-state index contributed by atoms with van der Waals surface area (Å²) in [5.41, 5.74) is 1.46. The second kappa shape index (κ2) is 4.83. The van der Waals surface area contributed by atoms with Crippen molar-refractivity contribution in [1.29, 1.82) is 0 Å². The van der Waals surface area contributed by atoms with Gasteiger partial charge in [0, 0.05) is 12.5 Å². The molecule has 1 aromatic heterocycles. The van der Waals surface area contributed by atoms with Crippen LogP contribution < -0.4 is 0 Å². The summed E-state index contributed by atoms with van der Waals surface area (Å²) < 4.78 is 13.3. The first-order valence-electron chi connectivity index (χ1n) is 7.68. The van der Waals surface area contributed by atoms with Crippen molar-refractivity contribution in [2.75, 3.05) is 6.54 Å². The maximum atomic E-state index is 13.3. The van der Waals surface area contributed by atoms with E-state index in [1.165, 1.54) is 18.6 Å². The summed E-state index contributed by atoms with van der Waals surface area (Å²) in [5, 5.41) is 0. The minimum atomic E-state index is -0.272. The Morgan fingerprint density at radius 1 is 1.29 bits per heavy atom. The summed E-state index contributed by atoms with van der Waals surface area (Å²) >= 11 is 0. The molecule has 1 saturated heterocycles. The molecule has 1 aliphatic heterocycles. The molecular weight excluding hydrogens is 269 g/mol. The second-order valence-corrected chi connectivity index (χ2v) is 6.10. The standard InChI is InChI=1S/C16H18FN3O/c17-11-6-7-12-13(9-11)19-15(18-12)14-5-2-8-20(14)16(21)10-3-1-4-10/h6-7,9-10,14H,1-5,8H2,(H,18,19)/t14-/m1/s1. The lowest BCUT2D eigenvalue weighted by atomic mass is 9.84. The number of carbonyl (C=O) groups is 1. The van der Waals surface area contributed by atoms with Gasteiger partial charge in [0.1, 0.15) is 11.6 Å². The Morgan fingerprint density at radius 3 is 2.90 bits per heavy atom. The van der Waals surface area contributed by atoms with Crippen LogP contribution >= 0.6 is 0 Å². The van der Waals surface area contributed by atoms with Crippen LogP contribution in [-0.2, 0) is 4.79 Å². The average molecular weight is 287 g/mol. The number of halogens is 1. The van der Waals surface area contributed by atoms with E-state index in [4.69, 9.17) is 0 Å². The van der Waals surface area contributed by atoms with Crippen LogP contribution in [-0.4, -0.2) is 27.3 Å². The molecule has 2 aliphatic rings. The van der Waals surface area contributed by atoms with Crippen molar-refractivity contribution >= 4 is 16.9 Å². The van der Waals surface area contributed by atoms with Crippen LogP contribution in [0.25, 0.3) is 11.0 Å². The van der Waals surface area contributed by atoms with Crippen molar-refractivity contribution in [3.8, 4) is 0 Å². The third-order valence-electron chi connectivity index (χ3n) is 4.77. The topological polar surface area (TPSA) is 49.0 Å². The number of rotatable bonds is 2. The SMILES string of the molecule is O=C(C1CCC1)N1CCC[C@@H]1c1nc2ccc(F)cc2[nH]1.